The van der Waals surface area contributed by atoms with E-state index in [2.05, 4.69) is 4.72 Å². The van der Waals surface area contributed by atoms with Crippen molar-refractivity contribution in [1.82, 2.24) is 4.90 Å². The van der Waals surface area contributed by atoms with E-state index in [0.29, 0.717) is 24.4 Å². The molecule has 0 spiro atoms. The first kappa shape index (κ1) is 24.8. The molecule has 0 amide bonds. The van der Waals surface area contributed by atoms with Crippen LogP contribution in [-0.2, 0) is 16.2 Å². The van der Waals surface area contributed by atoms with Crippen molar-refractivity contribution in [1.29, 1.82) is 0 Å². The van der Waals surface area contributed by atoms with E-state index in [1.807, 2.05) is 43.1 Å². The van der Waals surface area contributed by atoms with Crippen molar-refractivity contribution in [3.05, 3.63) is 64.7 Å². The maximum Gasteiger partial charge on any atom is 0.419 e. The van der Waals surface area contributed by atoms with E-state index in [0.717, 1.165) is 40.7 Å². The number of alkyl halides is 3. The van der Waals surface area contributed by atoms with Crippen LogP contribution in [0.3, 0.4) is 0 Å². The third-order valence-corrected chi connectivity index (χ3v) is 8.87. The highest BCUT2D eigenvalue weighted by Gasteiger charge is 2.36. The molecule has 182 valence electrons. The van der Waals surface area contributed by atoms with E-state index < -0.39 is 33.6 Å². The van der Waals surface area contributed by atoms with Crippen LogP contribution in [0.25, 0.3) is 10.4 Å². The van der Waals surface area contributed by atoms with Crippen molar-refractivity contribution < 1.29 is 26.3 Å². The molecule has 11 heteroatoms. The molecule has 1 aromatic heterocycles. The van der Waals surface area contributed by atoms with Gasteiger partial charge in [0.05, 0.1) is 21.2 Å². The molecule has 3 aromatic rings. The normalized spacial score (nSPS) is 17.2. The number of aryl methyl sites for hydroxylation is 1. The van der Waals surface area contributed by atoms with Crippen molar-refractivity contribution in [3.8, 4) is 16.2 Å². The number of benzene rings is 2. The highest BCUT2D eigenvalue weighted by atomic mass is 35.5. The van der Waals surface area contributed by atoms with Crippen LogP contribution in [0.4, 0.5) is 18.9 Å². The molecular formula is C23H22ClF3N2O3S2. The smallest absolute Gasteiger partial charge is 0.419 e. The fraction of sp³-hybridized carbons (Fsp3) is 0.304. The predicted octanol–water partition coefficient (Wildman–Crippen LogP) is 6.28. The Bertz CT molecular complexity index is 1290. The molecule has 1 aliphatic heterocycles. The highest BCUT2D eigenvalue weighted by molar-refractivity contribution is 7.94. The van der Waals surface area contributed by atoms with Crippen molar-refractivity contribution in [3.63, 3.8) is 0 Å². The first-order valence-electron chi connectivity index (χ1n) is 10.4. The zero-order chi connectivity index (χ0) is 24.7. The zero-order valence-corrected chi connectivity index (χ0v) is 20.7. The summed E-state index contributed by atoms with van der Waals surface area (Å²) in [5.41, 5.74) is 0.839. The molecule has 0 bridgehead atoms. The summed E-state index contributed by atoms with van der Waals surface area (Å²) < 4.78 is 74.5. The molecule has 0 unspecified atom stereocenters. The number of nitrogens with zero attached hydrogens (tertiary/aromatic N) is 1. The average Bonchev–Trinajstić information content (AvgIpc) is 3.33. The molecule has 1 fully saturated rings. The molecule has 2 heterocycles. The topological polar surface area (TPSA) is 58.6 Å². The van der Waals surface area contributed by atoms with Gasteiger partial charge in [0.1, 0.15) is 16.1 Å². The summed E-state index contributed by atoms with van der Waals surface area (Å²) in [7, 11) is -2.24. The molecule has 1 atom stereocenters. The second kappa shape index (κ2) is 9.41. The van der Waals surface area contributed by atoms with Crippen molar-refractivity contribution in [2.24, 2.45) is 0 Å². The number of halogens is 4. The van der Waals surface area contributed by atoms with Gasteiger partial charge in [0.2, 0.25) is 0 Å². The zero-order valence-electron chi connectivity index (χ0n) is 18.3. The highest BCUT2D eigenvalue weighted by Crippen LogP contribution is 2.41. The number of likely N-dealkylation sites (N-methyl/N-ethyl adjacent to an activating group) is 1. The van der Waals surface area contributed by atoms with Crippen LogP contribution in [0.5, 0.6) is 5.75 Å². The number of rotatable bonds is 6. The summed E-state index contributed by atoms with van der Waals surface area (Å²) in [5, 5.41) is 0.274. The van der Waals surface area contributed by atoms with E-state index in [9.17, 15) is 21.6 Å². The monoisotopic (exact) mass is 530 g/mol. The summed E-state index contributed by atoms with van der Waals surface area (Å²) in [6.07, 6.45) is -4.47. The number of sulfonamides is 1. The summed E-state index contributed by atoms with van der Waals surface area (Å²) >= 11 is 7.28. The van der Waals surface area contributed by atoms with Crippen LogP contribution in [0.15, 0.2) is 52.7 Å². The molecule has 0 aliphatic carbocycles. The minimum atomic E-state index is -4.64. The van der Waals surface area contributed by atoms with Gasteiger partial charge in [0.15, 0.2) is 0 Å². The lowest BCUT2D eigenvalue weighted by atomic mass is 10.1. The van der Waals surface area contributed by atoms with Gasteiger partial charge in [-0.3, -0.25) is 4.72 Å². The maximum atomic E-state index is 13.5. The van der Waals surface area contributed by atoms with Gasteiger partial charge >= 0.3 is 6.18 Å². The van der Waals surface area contributed by atoms with E-state index in [-0.39, 0.29) is 14.9 Å². The lowest BCUT2D eigenvalue weighted by Crippen LogP contribution is -2.23. The van der Waals surface area contributed by atoms with Crippen LogP contribution >= 0.6 is 22.9 Å². The molecule has 5 nitrogen and oxygen atoms in total. The minimum absolute atomic E-state index is 0.0317. The van der Waals surface area contributed by atoms with Crippen LogP contribution in [0.1, 0.15) is 17.5 Å². The molecule has 34 heavy (non-hydrogen) atoms. The second-order valence-corrected chi connectivity index (χ2v) is 11.6. The molecule has 0 saturated carbocycles. The van der Waals surface area contributed by atoms with E-state index >= 15 is 0 Å². The Labute approximate surface area is 205 Å². The fourth-order valence-electron chi connectivity index (χ4n) is 3.68. The number of nitrogens with one attached hydrogen (secondary N) is 1. The molecule has 4 rings (SSSR count). The molecule has 1 aliphatic rings. The van der Waals surface area contributed by atoms with Crippen molar-refractivity contribution in [2.75, 3.05) is 24.9 Å². The number of likely N-dealkylation sites (tertiary alicyclic amines) is 1. The fourth-order valence-corrected chi connectivity index (χ4v) is 6.55. The van der Waals surface area contributed by atoms with Crippen LogP contribution < -0.4 is 9.46 Å². The summed E-state index contributed by atoms with van der Waals surface area (Å²) in [5.74, 6) is -0.405. The Morgan fingerprint density at radius 2 is 1.85 bits per heavy atom. The molecule has 1 saturated heterocycles. The van der Waals surface area contributed by atoms with Gasteiger partial charge in [-0.15, -0.1) is 11.3 Å². The van der Waals surface area contributed by atoms with Gasteiger partial charge in [-0.1, -0.05) is 41.4 Å². The Kier molecular flexibility index (Phi) is 6.87. The lowest BCUT2D eigenvalue weighted by molar-refractivity contribution is -0.139. The third kappa shape index (κ3) is 5.51. The number of thiophene rings is 1. The van der Waals surface area contributed by atoms with Gasteiger partial charge in [-0.25, -0.2) is 8.42 Å². The molecule has 0 radical (unpaired) electrons. The number of hydrogen-bond donors (Lipinski definition) is 1. The Hall–Kier alpha value is -2.27. The number of ether oxygens (including phenoxy) is 1. The van der Waals surface area contributed by atoms with Gasteiger partial charge < -0.3 is 9.64 Å². The first-order chi connectivity index (χ1) is 15.9. The maximum absolute atomic E-state index is 13.5. The molecule has 2 aromatic carbocycles. The van der Waals surface area contributed by atoms with E-state index in [1.54, 1.807) is 0 Å². The van der Waals surface area contributed by atoms with Crippen LogP contribution in [-0.4, -0.2) is 39.6 Å². The summed E-state index contributed by atoms with van der Waals surface area (Å²) in [4.78, 5) is 2.54. The van der Waals surface area contributed by atoms with Gasteiger partial charge in [0, 0.05) is 19.2 Å². The standard InChI is InChI=1S/C23H22ClF3N2O3S2/c1-14-3-5-15(6-4-14)22-19(24)12-21(33-22)34(30,31)28-16-7-8-18(23(25,26)27)20(11-16)32-17-9-10-29(2)13-17/h3-8,11-12,17,28H,9-10,13H2,1-2H3/t17-/m1/s1. The second-order valence-electron chi connectivity index (χ2n) is 8.21. The number of anilines is 1. The quantitative estimate of drug-likeness (QED) is 0.407. The van der Waals surface area contributed by atoms with Crippen LogP contribution in [0, 0.1) is 6.92 Å². The number of hydrogen-bond acceptors (Lipinski definition) is 5. The predicted molar refractivity (Wildman–Crippen MR) is 128 cm³/mol. The largest absolute Gasteiger partial charge is 0.488 e. The Morgan fingerprint density at radius 3 is 2.47 bits per heavy atom. The van der Waals surface area contributed by atoms with Crippen molar-refractivity contribution in [2.45, 2.75) is 29.8 Å². The van der Waals surface area contributed by atoms with Crippen molar-refractivity contribution >= 4 is 38.6 Å². The summed E-state index contributed by atoms with van der Waals surface area (Å²) in [6.45, 7) is 3.14. The SMILES string of the molecule is Cc1ccc(-c2sc(S(=O)(=O)Nc3ccc(C(F)(F)F)c(O[C@@H]4CCN(C)C4)c3)cc2Cl)cc1. The van der Waals surface area contributed by atoms with Gasteiger partial charge in [-0.2, -0.15) is 13.2 Å². The summed E-state index contributed by atoms with van der Waals surface area (Å²) in [6, 6.07) is 11.8. The van der Waals surface area contributed by atoms with E-state index in [1.165, 1.54) is 6.07 Å². The lowest BCUT2D eigenvalue weighted by Gasteiger charge is -2.19. The van der Waals surface area contributed by atoms with E-state index in [4.69, 9.17) is 16.3 Å². The Morgan fingerprint density at radius 1 is 1.15 bits per heavy atom. The van der Waals surface area contributed by atoms with Gasteiger partial charge in [-0.05, 0) is 44.2 Å². The average molecular weight is 531 g/mol. The Balaban J connectivity index is 1.62. The minimum Gasteiger partial charge on any atom is -0.488 e. The van der Waals surface area contributed by atoms with Gasteiger partial charge in [0.25, 0.3) is 10.0 Å². The van der Waals surface area contributed by atoms with Crippen LogP contribution in [0.2, 0.25) is 5.02 Å². The molecular weight excluding hydrogens is 509 g/mol. The molecule has 1 N–H and O–H groups in total. The third-order valence-electron chi connectivity index (χ3n) is 5.42. The first-order valence-corrected chi connectivity index (χ1v) is 13.1.